The minimum atomic E-state index is 0.367. The summed E-state index contributed by atoms with van der Waals surface area (Å²) in [5.41, 5.74) is 0. The molecule has 1 unspecified atom stereocenters. The van der Waals surface area contributed by atoms with Crippen LogP contribution < -0.4 is 9.64 Å². The van der Waals surface area contributed by atoms with Crippen LogP contribution in [0, 0.1) is 11.8 Å². The van der Waals surface area contributed by atoms with Crippen LogP contribution in [0.25, 0.3) is 0 Å². The Kier molecular flexibility index (Phi) is 3.22. The van der Waals surface area contributed by atoms with Gasteiger partial charge in [-0.15, -0.1) is 0 Å². The summed E-state index contributed by atoms with van der Waals surface area (Å²) in [4.78, 5) is 10.9. The van der Waals surface area contributed by atoms with Gasteiger partial charge in [-0.25, -0.2) is 4.98 Å². The van der Waals surface area contributed by atoms with E-state index in [0.717, 1.165) is 49.3 Å². The molecule has 2 aliphatic rings. The normalized spacial score (nSPS) is 27.6. The van der Waals surface area contributed by atoms with E-state index in [1.165, 1.54) is 0 Å². The molecule has 1 aliphatic carbocycles. The van der Waals surface area contributed by atoms with Crippen LogP contribution in [0.5, 0.6) is 5.75 Å². The molecule has 1 saturated carbocycles. The molecular formula is C17H19N3O. The molecule has 0 spiro atoms. The van der Waals surface area contributed by atoms with Crippen LogP contribution >= 0.6 is 0 Å². The molecule has 1 aliphatic heterocycles. The molecule has 1 saturated heterocycles. The van der Waals surface area contributed by atoms with Gasteiger partial charge in [-0.1, -0.05) is 18.2 Å². The van der Waals surface area contributed by atoms with Crippen molar-refractivity contribution in [2.24, 2.45) is 11.8 Å². The number of ether oxygens (including phenoxy) is 1. The van der Waals surface area contributed by atoms with Crippen LogP contribution in [0.15, 0.2) is 48.9 Å². The molecule has 1 aromatic carbocycles. The molecule has 4 rings (SSSR count). The number of para-hydroxylation sites is 1. The van der Waals surface area contributed by atoms with Crippen molar-refractivity contribution >= 4 is 5.82 Å². The fourth-order valence-electron chi connectivity index (χ4n) is 3.67. The number of anilines is 1. The number of aromatic nitrogens is 2. The number of nitrogens with zero attached hydrogens (tertiary/aromatic N) is 3. The van der Waals surface area contributed by atoms with Crippen molar-refractivity contribution in [1.82, 2.24) is 9.97 Å². The number of benzene rings is 1. The summed E-state index contributed by atoms with van der Waals surface area (Å²) >= 11 is 0. The first-order valence-corrected chi connectivity index (χ1v) is 7.61. The van der Waals surface area contributed by atoms with E-state index in [1.807, 2.05) is 36.5 Å². The van der Waals surface area contributed by atoms with Crippen molar-refractivity contribution in [3.05, 3.63) is 48.9 Å². The van der Waals surface area contributed by atoms with Crippen LogP contribution in [0.2, 0.25) is 0 Å². The Hall–Kier alpha value is -2.10. The lowest BCUT2D eigenvalue weighted by Gasteiger charge is -2.20. The summed E-state index contributed by atoms with van der Waals surface area (Å²) in [5, 5.41) is 0. The number of fused-ring (bicyclic) bond motifs is 1. The lowest BCUT2D eigenvalue weighted by atomic mass is 10.0. The highest BCUT2D eigenvalue weighted by Gasteiger charge is 2.42. The van der Waals surface area contributed by atoms with E-state index in [2.05, 4.69) is 14.9 Å². The molecular weight excluding hydrogens is 262 g/mol. The van der Waals surface area contributed by atoms with Gasteiger partial charge in [0.1, 0.15) is 11.6 Å². The molecule has 0 N–H and O–H groups in total. The molecule has 4 nitrogen and oxygen atoms in total. The standard InChI is InChI=1S/C17H19N3O/c1-2-4-15(5-3-1)21-16-8-13-11-20(12-14(13)9-16)17-10-18-6-7-19-17/h1-7,10,13-14,16H,8-9,11-12H2/t13-,14+,16?. The van der Waals surface area contributed by atoms with E-state index in [0.29, 0.717) is 6.10 Å². The third-order valence-corrected chi connectivity index (χ3v) is 4.63. The lowest BCUT2D eigenvalue weighted by Crippen LogP contribution is -2.24. The fourth-order valence-corrected chi connectivity index (χ4v) is 3.67. The molecule has 1 aromatic heterocycles. The maximum atomic E-state index is 6.11. The quantitative estimate of drug-likeness (QED) is 0.867. The average molecular weight is 281 g/mol. The van der Waals surface area contributed by atoms with Gasteiger partial charge < -0.3 is 9.64 Å². The summed E-state index contributed by atoms with van der Waals surface area (Å²) < 4.78 is 6.11. The number of hydrogen-bond acceptors (Lipinski definition) is 4. The Morgan fingerprint density at radius 2 is 1.76 bits per heavy atom. The van der Waals surface area contributed by atoms with E-state index in [4.69, 9.17) is 4.74 Å². The number of rotatable bonds is 3. The molecule has 108 valence electrons. The second-order valence-corrected chi connectivity index (χ2v) is 6.01. The van der Waals surface area contributed by atoms with E-state index in [9.17, 15) is 0 Å². The van der Waals surface area contributed by atoms with E-state index in [-0.39, 0.29) is 0 Å². The molecule has 0 bridgehead atoms. The van der Waals surface area contributed by atoms with Gasteiger partial charge in [-0.3, -0.25) is 4.98 Å². The van der Waals surface area contributed by atoms with E-state index >= 15 is 0 Å². The summed E-state index contributed by atoms with van der Waals surface area (Å²) in [7, 11) is 0. The van der Waals surface area contributed by atoms with Crippen LogP contribution in [-0.2, 0) is 0 Å². The maximum Gasteiger partial charge on any atom is 0.147 e. The topological polar surface area (TPSA) is 38.2 Å². The molecule has 4 heteroatoms. The Labute approximate surface area is 124 Å². The van der Waals surface area contributed by atoms with Crippen molar-refractivity contribution in [2.45, 2.75) is 18.9 Å². The highest BCUT2D eigenvalue weighted by atomic mass is 16.5. The average Bonchev–Trinajstić information content (AvgIpc) is 3.07. The Bertz CT molecular complexity index is 575. The first-order chi connectivity index (χ1) is 10.4. The second kappa shape index (κ2) is 5.35. The zero-order valence-corrected chi connectivity index (χ0v) is 11.9. The van der Waals surface area contributed by atoms with Gasteiger partial charge in [0.25, 0.3) is 0 Å². The predicted octanol–water partition coefficient (Wildman–Crippen LogP) is 2.77. The minimum Gasteiger partial charge on any atom is -0.490 e. The molecule has 2 fully saturated rings. The first-order valence-electron chi connectivity index (χ1n) is 7.61. The summed E-state index contributed by atoms with van der Waals surface area (Å²) in [6.45, 7) is 2.16. The van der Waals surface area contributed by atoms with Crippen molar-refractivity contribution < 1.29 is 4.74 Å². The SMILES string of the molecule is c1ccc(OC2C[C@@H]3CN(c4cnccn4)C[C@@H]3C2)cc1. The van der Waals surface area contributed by atoms with Gasteiger partial charge in [-0.05, 0) is 36.8 Å². The summed E-state index contributed by atoms with van der Waals surface area (Å²) in [6, 6.07) is 10.2. The highest BCUT2D eigenvalue weighted by Crippen LogP contribution is 2.40. The third-order valence-electron chi connectivity index (χ3n) is 4.63. The van der Waals surface area contributed by atoms with Crippen LogP contribution in [0.3, 0.4) is 0 Å². The van der Waals surface area contributed by atoms with Crippen LogP contribution in [0.1, 0.15) is 12.8 Å². The van der Waals surface area contributed by atoms with Gasteiger partial charge in [-0.2, -0.15) is 0 Å². The van der Waals surface area contributed by atoms with Gasteiger partial charge in [0.15, 0.2) is 0 Å². The maximum absolute atomic E-state index is 6.11. The van der Waals surface area contributed by atoms with Crippen molar-refractivity contribution in [1.29, 1.82) is 0 Å². The Balaban J connectivity index is 1.37. The van der Waals surface area contributed by atoms with Crippen molar-refractivity contribution in [2.75, 3.05) is 18.0 Å². The Morgan fingerprint density at radius 3 is 2.43 bits per heavy atom. The zero-order valence-electron chi connectivity index (χ0n) is 11.9. The van der Waals surface area contributed by atoms with Gasteiger partial charge >= 0.3 is 0 Å². The monoisotopic (exact) mass is 281 g/mol. The zero-order chi connectivity index (χ0) is 14.1. The molecule has 2 heterocycles. The summed E-state index contributed by atoms with van der Waals surface area (Å²) in [6.07, 6.45) is 8.02. The van der Waals surface area contributed by atoms with E-state index < -0.39 is 0 Å². The van der Waals surface area contributed by atoms with Gasteiger partial charge in [0.05, 0.1) is 12.3 Å². The van der Waals surface area contributed by atoms with Crippen LogP contribution in [-0.4, -0.2) is 29.2 Å². The van der Waals surface area contributed by atoms with Gasteiger partial charge in [0, 0.05) is 25.5 Å². The molecule has 0 radical (unpaired) electrons. The largest absolute Gasteiger partial charge is 0.490 e. The van der Waals surface area contributed by atoms with E-state index in [1.54, 1.807) is 12.4 Å². The van der Waals surface area contributed by atoms with Gasteiger partial charge in [0.2, 0.25) is 0 Å². The predicted molar refractivity (Wildman–Crippen MR) is 81.3 cm³/mol. The molecule has 2 aromatic rings. The highest BCUT2D eigenvalue weighted by molar-refractivity contribution is 5.37. The lowest BCUT2D eigenvalue weighted by molar-refractivity contribution is 0.200. The Morgan fingerprint density at radius 1 is 1.00 bits per heavy atom. The second-order valence-electron chi connectivity index (χ2n) is 6.01. The molecule has 21 heavy (non-hydrogen) atoms. The first kappa shape index (κ1) is 12.6. The summed E-state index contributed by atoms with van der Waals surface area (Å²) in [5.74, 6) is 3.45. The molecule has 0 amide bonds. The minimum absolute atomic E-state index is 0.367. The van der Waals surface area contributed by atoms with Crippen molar-refractivity contribution in [3.8, 4) is 5.75 Å². The number of hydrogen-bond donors (Lipinski definition) is 0. The fraction of sp³-hybridized carbons (Fsp3) is 0.412. The molecule has 3 atom stereocenters. The van der Waals surface area contributed by atoms with Crippen LogP contribution in [0.4, 0.5) is 5.82 Å². The van der Waals surface area contributed by atoms with Crippen molar-refractivity contribution in [3.63, 3.8) is 0 Å². The third kappa shape index (κ3) is 2.58. The smallest absolute Gasteiger partial charge is 0.147 e.